The number of hydrogen-bond donors (Lipinski definition) is 2. The summed E-state index contributed by atoms with van der Waals surface area (Å²) in [5.41, 5.74) is 3.30. The van der Waals surface area contributed by atoms with Crippen molar-refractivity contribution in [2.75, 3.05) is 6.61 Å². The molecule has 2 N–H and O–H groups in total. The van der Waals surface area contributed by atoms with Gasteiger partial charge in [0.2, 0.25) is 0 Å². The molecule has 0 radical (unpaired) electrons. The Morgan fingerprint density at radius 2 is 2.10 bits per heavy atom. The van der Waals surface area contributed by atoms with Crippen molar-refractivity contribution in [1.29, 1.82) is 0 Å². The molecule has 1 aromatic heterocycles. The Morgan fingerprint density at radius 1 is 1.25 bits per heavy atom. The Bertz CT molecular complexity index is 570. The van der Waals surface area contributed by atoms with Crippen LogP contribution in [0.2, 0.25) is 0 Å². The van der Waals surface area contributed by atoms with E-state index in [0.29, 0.717) is 18.9 Å². The van der Waals surface area contributed by atoms with Crippen LogP contribution in [0.25, 0.3) is 0 Å². The van der Waals surface area contributed by atoms with E-state index in [1.54, 1.807) is 12.3 Å². The summed E-state index contributed by atoms with van der Waals surface area (Å²) in [6, 6.07) is 9.40. The van der Waals surface area contributed by atoms with Crippen LogP contribution in [0.1, 0.15) is 23.7 Å². The molecule has 20 heavy (non-hydrogen) atoms. The van der Waals surface area contributed by atoms with Crippen LogP contribution in [0.15, 0.2) is 36.5 Å². The molecule has 0 aliphatic carbocycles. The smallest absolute Gasteiger partial charge is 0.161 e. The van der Waals surface area contributed by atoms with E-state index in [9.17, 15) is 5.11 Å². The molecule has 0 bridgehead atoms. The fourth-order valence-corrected chi connectivity index (χ4v) is 1.97. The number of ether oxygens (including phenoxy) is 1. The first-order valence-electron chi connectivity index (χ1n) is 6.76. The van der Waals surface area contributed by atoms with E-state index in [-0.39, 0.29) is 5.75 Å². The van der Waals surface area contributed by atoms with Crippen molar-refractivity contribution < 1.29 is 9.84 Å². The number of hydrogen-bond acceptors (Lipinski definition) is 4. The molecule has 0 fully saturated rings. The van der Waals surface area contributed by atoms with Crippen molar-refractivity contribution in [1.82, 2.24) is 10.3 Å². The number of benzene rings is 1. The third kappa shape index (κ3) is 3.71. The number of aromatic hydroxyl groups is 1. The molecule has 0 aliphatic rings. The van der Waals surface area contributed by atoms with Crippen molar-refractivity contribution in [2.24, 2.45) is 0 Å². The lowest BCUT2D eigenvalue weighted by Crippen LogP contribution is -2.14. The summed E-state index contributed by atoms with van der Waals surface area (Å²) in [4.78, 5) is 4.34. The Kier molecular flexibility index (Phi) is 4.96. The second kappa shape index (κ2) is 6.91. The largest absolute Gasteiger partial charge is 0.504 e. The predicted octanol–water partition coefficient (Wildman–Crippen LogP) is 2.78. The number of rotatable bonds is 6. The summed E-state index contributed by atoms with van der Waals surface area (Å²) in [6.45, 7) is 5.91. The Labute approximate surface area is 119 Å². The van der Waals surface area contributed by atoms with Gasteiger partial charge in [-0.05, 0) is 43.2 Å². The van der Waals surface area contributed by atoms with Crippen LogP contribution >= 0.6 is 0 Å². The fraction of sp³-hybridized carbons (Fsp3) is 0.312. The SMILES string of the molecule is CCOc1cc(CNCc2ncccc2C)ccc1O. The van der Waals surface area contributed by atoms with Gasteiger partial charge in [0.1, 0.15) is 0 Å². The minimum Gasteiger partial charge on any atom is -0.504 e. The van der Waals surface area contributed by atoms with Gasteiger partial charge in [-0.25, -0.2) is 0 Å². The zero-order valence-corrected chi connectivity index (χ0v) is 11.9. The normalized spacial score (nSPS) is 10.5. The topological polar surface area (TPSA) is 54.4 Å². The van der Waals surface area contributed by atoms with Gasteiger partial charge in [-0.3, -0.25) is 4.98 Å². The molecule has 106 valence electrons. The van der Waals surface area contributed by atoms with Gasteiger partial charge in [0.25, 0.3) is 0 Å². The Morgan fingerprint density at radius 3 is 2.85 bits per heavy atom. The molecule has 4 nitrogen and oxygen atoms in total. The molecule has 0 unspecified atom stereocenters. The summed E-state index contributed by atoms with van der Waals surface area (Å²) in [5, 5.41) is 13.0. The van der Waals surface area contributed by atoms with Crippen LogP contribution in [0.3, 0.4) is 0 Å². The molecule has 0 saturated heterocycles. The standard InChI is InChI=1S/C16H20N2O2/c1-3-20-16-9-13(6-7-15(16)19)10-17-11-14-12(2)5-4-8-18-14/h4-9,17,19H,3,10-11H2,1-2H3. The quantitative estimate of drug-likeness (QED) is 0.849. The highest BCUT2D eigenvalue weighted by Crippen LogP contribution is 2.26. The van der Waals surface area contributed by atoms with Gasteiger partial charge in [-0.15, -0.1) is 0 Å². The number of pyridine rings is 1. The maximum atomic E-state index is 9.65. The zero-order chi connectivity index (χ0) is 14.4. The van der Waals surface area contributed by atoms with Crippen LogP contribution in [0, 0.1) is 6.92 Å². The van der Waals surface area contributed by atoms with Gasteiger partial charge in [-0.2, -0.15) is 0 Å². The van der Waals surface area contributed by atoms with Gasteiger partial charge in [-0.1, -0.05) is 12.1 Å². The number of phenolic OH excluding ortho intramolecular Hbond substituents is 1. The minimum atomic E-state index is 0.177. The number of aryl methyl sites for hydroxylation is 1. The van der Waals surface area contributed by atoms with E-state index in [2.05, 4.69) is 23.3 Å². The first kappa shape index (κ1) is 14.3. The van der Waals surface area contributed by atoms with Gasteiger partial charge in [0, 0.05) is 19.3 Å². The van der Waals surface area contributed by atoms with Crippen molar-refractivity contribution in [2.45, 2.75) is 26.9 Å². The van der Waals surface area contributed by atoms with Gasteiger partial charge < -0.3 is 15.2 Å². The average Bonchev–Trinajstić information content (AvgIpc) is 2.45. The Balaban J connectivity index is 1.94. The van der Waals surface area contributed by atoms with Gasteiger partial charge in [0.05, 0.1) is 12.3 Å². The van der Waals surface area contributed by atoms with Crippen LogP contribution in [-0.2, 0) is 13.1 Å². The highest BCUT2D eigenvalue weighted by molar-refractivity contribution is 5.41. The summed E-state index contributed by atoms with van der Waals surface area (Å²) in [6.07, 6.45) is 1.80. The molecule has 0 aliphatic heterocycles. The van der Waals surface area contributed by atoms with Crippen LogP contribution in [0.5, 0.6) is 11.5 Å². The van der Waals surface area contributed by atoms with Crippen molar-refractivity contribution in [3.8, 4) is 11.5 Å². The molecule has 0 spiro atoms. The summed E-state index contributed by atoms with van der Waals surface area (Å²) in [5.74, 6) is 0.706. The molecule has 4 heteroatoms. The molecule has 2 rings (SSSR count). The third-order valence-electron chi connectivity index (χ3n) is 3.06. The van der Waals surface area contributed by atoms with E-state index >= 15 is 0 Å². The maximum absolute atomic E-state index is 9.65. The van der Waals surface area contributed by atoms with E-state index in [0.717, 1.165) is 17.8 Å². The van der Waals surface area contributed by atoms with Crippen LogP contribution in [0.4, 0.5) is 0 Å². The third-order valence-corrected chi connectivity index (χ3v) is 3.06. The van der Waals surface area contributed by atoms with Crippen LogP contribution < -0.4 is 10.1 Å². The first-order chi connectivity index (χ1) is 9.70. The van der Waals surface area contributed by atoms with E-state index in [4.69, 9.17) is 4.74 Å². The summed E-state index contributed by atoms with van der Waals surface area (Å²) >= 11 is 0. The number of nitrogens with zero attached hydrogens (tertiary/aromatic N) is 1. The Hall–Kier alpha value is -2.07. The van der Waals surface area contributed by atoms with E-state index < -0.39 is 0 Å². The number of aromatic nitrogens is 1. The lowest BCUT2D eigenvalue weighted by atomic mass is 10.2. The summed E-state index contributed by atoms with van der Waals surface area (Å²) in [7, 11) is 0. The number of nitrogens with one attached hydrogen (secondary N) is 1. The zero-order valence-electron chi connectivity index (χ0n) is 11.9. The maximum Gasteiger partial charge on any atom is 0.161 e. The molecular formula is C16H20N2O2. The van der Waals surface area contributed by atoms with E-state index in [1.165, 1.54) is 5.56 Å². The molecule has 0 atom stereocenters. The minimum absolute atomic E-state index is 0.177. The van der Waals surface area contributed by atoms with Gasteiger partial charge in [0.15, 0.2) is 11.5 Å². The monoisotopic (exact) mass is 272 g/mol. The highest BCUT2D eigenvalue weighted by Gasteiger charge is 2.04. The first-order valence-corrected chi connectivity index (χ1v) is 6.76. The molecule has 0 saturated carbocycles. The molecular weight excluding hydrogens is 252 g/mol. The summed E-state index contributed by atoms with van der Waals surface area (Å²) < 4.78 is 5.37. The van der Waals surface area contributed by atoms with Crippen molar-refractivity contribution >= 4 is 0 Å². The van der Waals surface area contributed by atoms with Crippen LogP contribution in [-0.4, -0.2) is 16.7 Å². The molecule has 1 aromatic carbocycles. The van der Waals surface area contributed by atoms with Gasteiger partial charge >= 0.3 is 0 Å². The molecule has 1 heterocycles. The highest BCUT2D eigenvalue weighted by atomic mass is 16.5. The van der Waals surface area contributed by atoms with Crippen molar-refractivity contribution in [3.63, 3.8) is 0 Å². The van der Waals surface area contributed by atoms with E-state index in [1.807, 2.05) is 25.1 Å². The second-order valence-electron chi connectivity index (χ2n) is 4.61. The fourth-order valence-electron chi connectivity index (χ4n) is 1.97. The lowest BCUT2D eigenvalue weighted by Gasteiger charge is -2.10. The molecule has 0 amide bonds. The average molecular weight is 272 g/mol. The lowest BCUT2D eigenvalue weighted by molar-refractivity contribution is 0.317. The molecule has 2 aromatic rings. The second-order valence-corrected chi connectivity index (χ2v) is 4.61. The number of phenols is 1. The predicted molar refractivity (Wildman–Crippen MR) is 78.8 cm³/mol. The van der Waals surface area contributed by atoms with Crippen molar-refractivity contribution in [3.05, 3.63) is 53.3 Å².